The average Bonchev–Trinajstić information content (AvgIpc) is 3.37. The van der Waals surface area contributed by atoms with Crippen molar-refractivity contribution in [2.24, 2.45) is 0 Å². The molecular formula is C22H26N6O4S2. The van der Waals surface area contributed by atoms with Gasteiger partial charge >= 0.3 is 0 Å². The van der Waals surface area contributed by atoms with Crippen molar-refractivity contribution in [3.8, 4) is 5.75 Å². The van der Waals surface area contributed by atoms with E-state index < -0.39 is 6.04 Å². The first-order valence-electron chi connectivity index (χ1n) is 10.3. The summed E-state index contributed by atoms with van der Waals surface area (Å²) in [6.45, 7) is 7.55. The fraction of sp³-hybridized carbons (Fsp3) is 0.318. The molecule has 1 atom stereocenters. The van der Waals surface area contributed by atoms with E-state index in [1.54, 1.807) is 42.0 Å². The predicted octanol–water partition coefficient (Wildman–Crippen LogP) is 2.74. The highest BCUT2D eigenvalue weighted by molar-refractivity contribution is 7.99. The Morgan fingerprint density at radius 2 is 2.03 bits per heavy atom. The summed E-state index contributed by atoms with van der Waals surface area (Å²) in [5.41, 5.74) is 1.29. The minimum Gasteiger partial charge on any atom is -0.497 e. The van der Waals surface area contributed by atoms with Gasteiger partial charge in [-0.05, 0) is 38.1 Å². The summed E-state index contributed by atoms with van der Waals surface area (Å²) in [4.78, 5) is 30.4. The van der Waals surface area contributed by atoms with Crippen LogP contribution in [0.1, 0.15) is 32.8 Å². The molecule has 10 nitrogen and oxygen atoms in total. The van der Waals surface area contributed by atoms with Crippen molar-refractivity contribution in [1.29, 1.82) is 0 Å². The van der Waals surface area contributed by atoms with Gasteiger partial charge in [0.1, 0.15) is 11.8 Å². The molecule has 3 N–H and O–H groups in total. The smallest absolute Gasteiger partial charge is 0.251 e. The lowest BCUT2D eigenvalue weighted by Crippen LogP contribution is -2.33. The van der Waals surface area contributed by atoms with Gasteiger partial charge in [0.2, 0.25) is 5.91 Å². The maximum atomic E-state index is 12.7. The van der Waals surface area contributed by atoms with Gasteiger partial charge in [0, 0.05) is 17.0 Å². The van der Waals surface area contributed by atoms with Crippen LogP contribution in [0.15, 0.2) is 42.1 Å². The SMILES string of the molecule is C=CCn1c(SCC(=O)Nc2nc(C)c(C)s2)nnc1C(CO)NC(=O)c1ccc(OC)cc1. The molecule has 34 heavy (non-hydrogen) atoms. The summed E-state index contributed by atoms with van der Waals surface area (Å²) in [6, 6.07) is 5.81. The van der Waals surface area contributed by atoms with E-state index in [2.05, 4.69) is 32.4 Å². The number of amides is 2. The Labute approximate surface area is 205 Å². The third-order valence-corrected chi connectivity index (χ3v) is 6.77. The number of carbonyl (C=O) groups is 2. The normalized spacial score (nSPS) is 11.6. The minimum atomic E-state index is -0.800. The topological polar surface area (TPSA) is 131 Å². The molecule has 0 aliphatic carbocycles. The lowest BCUT2D eigenvalue weighted by atomic mass is 10.2. The molecule has 0 aliphatic rings. The van der Waals surface area contributed by atoms with Gasteiger partial charge < -0.3 is 25.0 Å². The van der Waals surface area contributed by atoms with Crippen LogP contribution in [-0.2, 0) is 11.3 Å². The second kappa shape index (κ2) is 11.8. The first-order chi connectivity index (χ1) is 16.4. The zero-order valence-corrected chi connectivity index (χ0v) is 20.7. The Morgan fingerprint density at radius 3 is 2.62 bits per heavy atom. The van der Waals surface area contributed by atoms with Crippen molar-refractivity contribution in [2.75, 3.05) is 24.8 Å². The second-order valence-corrected chi connectivity index (χ2v) is 9.32. The quantitative estimate of drug-likeness (QED) is 0.269. The van der Waals surface area contributed by atoms with Crippen molar-refractivity contribution >= 4 is 40.0 Å². The maximum absolute atomic E-state index is 12.7. The van der Waals surface area contributed by atoms with Gasteiger partial charge in [-0.25, -0.2) is 4.98 Å². The molecule has 1 aromatic carbocycles. The van der Waals surface area contributed by atoms with Crippen LogP contribution in [-0.4, -0.2) is 56.1 Å². The van der Waals surface area contributed by atoms with E-state index in [0.29, 0.717) is 34.0 Å². The van der Waals surface area contributed by atoms with Crippen LogP contribution in [0.2, 0.25) is 0 Å². The van der Waals surface area contributed by atoms with Crippen molar-refractivity contribution in [1.82, 2.24) is 25.1 Å². The average molecular weight is 503 g/mol. The van der Waals surface area contributed by atoms with Crippen LogP contribution in [0.4, 0.5) is 5.13 Å². The highest BCUT2D eigenvalue weighted by Crippen LogP contribution is 2.24. The van der Waals surface area contributed by atoms with E-state index in [1.165, 1.54) is 23.1 Å². The Kier molecular flexibility index (Phi) is 8.79. The van der Waals surface area contributed by atoms with Gasteiger partial charge in [-0.3, -0.25) is 9.59 Å². The largest absolute Gasteiger partial charge is 0.497 e. The number of benzene rings is 1. The van der Waals surface area contributed by atoms with Crippen LogP contribution >= 0.6 is 23.1 Å². The molecule has 0 bridgehead atoms. The number of anilines is 1. The van der Waals surface area contributed by atoms with E-state index in [9.17, 15) is 14.7 Å². The summed E-state index contributed by atoms with van der Waals surface area (Å²) in [5, 5.41) is 24.8. The molecule has 0 fully saturated rings. The number of allylic oxidation sites excluding steroid dienone is 1. The molecule has 0 saturated heterocycles. The molecular weight excluding hydrogens is 476 g/mol. The molecule has 0 radical (unpaired) electrons. The van der Waals surface area contributed by atoms with Crippen LogP contribution in [0.5, 0.6) is 5.75 Å². The first kappa shape index (κ1) is 25.4. The standard InChI is InChI=1S/C22H26N6O4S2/c1-5-10-28-19(17(11-29)24-20(31)15-6-8-16(32-4)9-7-15)26-27-22(28)33-12-18(30)25-21-23-13(2)14(3)34-21/h5-9,17,29H,1,10-12H2,2-4H3,(H,24,31)(H,23,25,30). The molecule has 180 valence electrons. The van der Waals surface area contributed by atoms with E-state index in [0.717, 1.165) is 10.6 Å². The number of hydrogen-bond acceptors (Lipinski definition) is 9. The third kappa shape index (κ3) is 6.22. The number of hydrogen-bond donors (Lipinski definition) is 3. The molecule has 0 spiro atoms. The Hall–Kier alpha value is -3.22. The second-order valence-electron chi connectivity index (χ2n) is 7.17. The summed E-state index contributed by atoms with van der Waals surface area (Å²) >= 11 is 2.61. The van der Waals surface area contributed by atoms with Gasteiger partial charge in [0.05, 0.1) is 25.2 Å². The first-order valence-corrected chi connectivity index (χ1v) is 12.1. The van der Waals surface area contributed by atoms with Crippen LogP contribution < -0.4 is 15.4 Å². The van der Waals surface area contributed by atoms with Gasteiger partial charge in [-0.2, -0.15) is 0 Å². The Balaban J connectivity index is 1.69. The number of aromatic nitrogens is 4. The van der Waals surface area contributed by atoms with Crippen molar-refractivity contribution in [2.45, 2.75) is 31.6 Å². The van der Waals surface area contributed by atoms with E-state index >= 15 is 0 Å². The van der Waals surface area contributed by atoms with Gasteiger partial charge in [-0.1, -0.05) is 17.8 Å². The molecule has 2 amide bonds. The van der Waals surface area contributed by atoms with Crippen molar-refractivity contribution in [3.63, 3.8) is 0 Å². The number of rotatable bonds is 11. The number of nitrogens with one attached hydrogen (secondary N) is 2. The number of thioether (sulfide) groups is 1. The molecule has 3 rings (SSSR count). The number of carbonyl (C=O) groups excluding carboxylic acids is 2. The highest BCUT2D eigenvalue weighted by atomic mass is 32.2. The minimum absolute atomic E-state index is 0.0922. The van der Waals surface area contributed by atoms with E-state index in [1.807, 2.05) is 13.8 Å². The number of aryl methyl sites for hydroxylation is 2. The van der Waals surface area contributed by atoms with Crippen LogP contribution in [0.3, 0.4) is 0 Å². The molecule has 1 unspecified atom stereocenters. The lowest BCUT2D eigenvalue weighted by Gasteiger charge is -2.17. The number of thiazole rings is 1. The molecule has 3 aromatic rings. The van der Waals surface area contributed by atoms with E-state index in [-0.39, 0.29) is 24.2 Å². The molecule has 2 heterocycles. The van der Waals surface area contributed by atoms with Gasteiger partial charge in [0.25, 0.3) is 5.91 Å². The summed E-state index contributed by atoms with van der Waals surface area (Å²) < 4.78 is 6.81. The summed E-state index contributed by atoms with van der Waals surface area (Å²) in [7, 11) is 1.55. The third-order valence-electron chi connectivity index (χ3n) is 4.82. The number of aliphatic hydroxyl groups is 1. The fourth-order valence-corrected chi connectivity index (χ4v) is 4.54. The van der Waals surface area contributed by atoms with Crippen molar-refractivity contribution in [3.05, 3.63) is 58.9 Å². The van der Waals surface area contributed by atoms with Crippen LogP contribution in [0, 0.1) is 13.8 Å². The monoisotopic (exact) mass is 502 g/mol. The zero-order valence-electron chi connectivity index (χ0n) is 19.1. The Bertz CT molecular complexity index is 1140. The molecule has 12 heteroatoms. The highest BCUT2D eigenvalue weighted by Gasteiger charge is 2.23. The van der Waals surface area contributed by atoms with E-state index in [4.69, 9.17) is 4.74 Å². The predicted molar refractivity (Wildman–Crippen MR) is 131 cm³/mol. The molecule has 2 aromatic heterocycles. The zero-order chi connectivity index (χ0) is 24.7. The number of aliphatic hydroxyl groups excluding tert-OH is 1. The Morgan fingerprint density at radius 1 is 1.29 bits per heavy atom. The number of ether oxygens (including phenoxy) is 1. The van der Waals surface area contributed by atoms with Gasteiger partial charge in [-0.15, -0.1) is 28.1 Å². The number of nitrogens with zero attached hydrogens (tertiary/aromatic N) is 4. The summed E-state index contributed by atoms with van der Waals surface area (Å²) in [6.07, 6.45) is 1.65. The fourth-order valence-electron chi connectivity index (χ4n) is 2.95. The lowest BCUT2D eigenvalue weighted by molar-refractivity contribution is -0.113. The van der Waals surface area contributed by atoms with Gasteiger partial charge in [0.15, 0.2) is 16.1 Å². The molecule has 0 saturated carbocycles. The maximum Gasteiger partial charge on any atom is 0.251 e. The molecule has 0 aliphatic heterocycles. The number of methoxy groups -OCH3 is 1. The van der Waals surface area contributed by atoms with Crippen molar-refractivity contribution < 1.29 is 19.4 Å². The summed E-state index contributed by atoms with van der Waals surface area (Å²) in [5.74, 6) is 0.484. The van der Waals surface area contributed by atoms with Crippen LogP contribution in [0.25, 0.3) is 0 Å².